The van der Waals surface area contributed by atoms with Crippen LogP contribution in [0, 0.1) is 10.1 Å². The van der Waals surface area contributed by atoms with Crippen LogP contribution < -0.4 is 0 Å². The Morgan fingerprint density at radius 2 is 2.00 bits per heavy atom. The van der Waals surface area contributed by atoms with Gasteiger partial charge in [0.05, 0.1) is 10.6 Å². The molecule has 0 amide bonds. The number of hydrogen-bond donors (Lipinski definition) is 0. The Hall–Kier alpha value is -2.60. The van der Waals surface area contributed by atoms with Crippen molar-refractivity contribution in [2.24, 2.45) is 4.99 Å². The standard InChI is InChI=1S/C14H9N3O2S/c18-17(19)11-3-1-10(2-4-11)9-16-13-5-7-15-14-12(13)6-8-20-14/h1-9H. The lowest BCUT2D eigenvalue weighted by atomic mass is 10.2. The van der Waals surface area contributed by atoms with Gasteiger partial charge < -0.3 is 0 Å². The summed E-state index contributed by atoms with van der Waals surface area (Å²) in [5.41, 5.74) is 1.73. The minimum absolute atomic E-state index is 0.0753. The molecular formula is C14H9N3O2S. The summed E-state index contributed by atoms with van der Waals surface area (Å²) in [6.07, 6.45) is 3.41. The van der Waals surface area contributed by atoms with E-state index in [0.29, 0.717) is 0 Å². The van der Waals surface area contributed by atoms with E-state index in [1.54, 1.807) is 35.9 Å². The minimum atomic E-state index is -0.418. The average molecular weight is 283 g/mol. The molecule has 0 N–H and O–H groups in total. The van der Waals surface area contributed by atoms with Gasteiger partial charge in [-0.25, -0.2) is 4.98 Å². The maximum atomic E-state index is 10.6. The van der Waals surface area contributed by atoms with Gasteiger partial charge >= 0.3 is 0 Å². The predicted octanol–water partition coefficient (Wildman–Crippen LogP) is 3.96. The van der Waals surface area contributed by atoms with Crippen molar-refractivity contribution in [3.63, 3.8) is 0 Å². The summed E-state index contributed by atoms with van der Waals surface area (Å²) in [7, 11) is 0. The van der Waals surface area contributed by atoms with Crippen molar-refractivity contribution in [3.05, 3.63) is 63.7 Å². The maximum absolute atomic E-state index is 10.6. The Balaban J connectivity index is 1.90. The third-order valence-electron chi connectivity index (χ3n) is 2.80. The van der Waals surface area contributed by atoms with Crippen LogP contribution in [0.2, 0.25) is 0 Å². The molecule has 0 spiro atoms. The number of pyridine rings is 1. The van der Waals surface area contributed by atoms with Gasteiger partial charge in [-0.05, 0) is 35.2 Å². The van der Waals surface area contributed by atoms with Gasteiger partial charge in [0.1, 0.15) is 4.83 Å². The van der Waals surface area contributed by atoms with Crippen molar-refractivity contribution >= 4 is 39.1 Å². The molecule has 5 nitrogen and oxygen atoms in total. The number of rotatable bonds is 3. The number of hydrogen-bond acceptors (Lipinski definition) is 5. The van der Waals surface area contributed by atoms with Crippen LogP contribution in [-0.4, -0.2) is 16.1 Å². The number of nitro benzene ring substituents is 1. The molecular weight excluding hydrogens is 274 g/mol. The highest BCUT2D eigenvalue weighted by Gasteiger charge is 2.03. The zero-order chi connectivity index (χ0) is 13.9. The van der Waals surface area contributed by atoms with Crippen molar-refractivity contribution < 1.29 is 4.92 Å². The first-order valence-corrected chi connectivity index (χ1v) is 6.73. The van der Waals surface area contributed by atoms with Gasteiger partial charge in [-0.1, -0.05) is 0 Å². The monoisotopic (exact) mass is 283 g/mol. The second kappa shape index (κ2) is 5.18. The van der Waals surface area contributed by atoms with Gasteiger partial charge in [-0.2, -0.15) is 0 Å². The fourth-order valence-electron chi connectivity index (χ4n) is 1.80. The van der Waals surface area contributed by atoms with Crippen LogP contribution in [0.4, 0.5) is 11.4 Å². The molecule has 20 heavy (non-hydrogen) atoms. The fraction of sp³-hybridized carbons (Fsp3) is 0. The van der Waals surface area contributed by atoms with Gasteiger partial charge in [0.2, 0.25) is 0 Å². The third kappa shape index (κ3) is 2.41. The summed E-state index contributed by atoms with van der Waals surface area (Å²) < 4.78 is 0. The van der Waals surface area contributed by atoms with Gasteiger partial charge in [0.15, 0.2) is 0 Å². The van der Waals surface area contributed by atoms with Gasteiger partial charge in [-0.3, -0.25) is 15.1 Å². The second-order valence-electron chi connectivity index (χ2n) is 4.08. The van der Waals surface area contributed by atoms with E-state index in [1.807, 2.05) is 17.5 Å². The quantitative estimate of drug-likeness (QED) is 0.415. The van der Waals surface area contributed by atoms with E-state index in [2.05, 4.69) is 9.98 Å². The van der Waals surface area contributed by atoms with E-state index in [0.717, 1.165) is 21.5 Å². The summed E-state index contributed by atoms with van der Waals surface area (Å²) in [5, 5.41) is 13.6. The Bertz CT molecular complexity index is 794. The molecule has 2 aromatic heterocycles. The van der Waals surface area contributed by atoms with E-state index in [4.69, 9.17) is 0 Å². The number of fused-ring (bicyclic) bond motifs is 1. The van der Waals surface area contributed by atoms with Crippen molar-refractivity contribution in [2.75, 3.05) is 0 Å². The van der Waals surface area contributed by atoms with Crippen LogP contribution in [0.1, 0.15) is 5.56 Å². The lowest BCUT2D eigenvalue weighted by Crippen LogP contribution is -1.88. The lowest BCUT2D eigenvalue weighted by Gasteiger charge is -1.96. The van der Waals surface area contributed by atoms with E-state index in [-0.39, 0.29) is 5.69 Å². The molecule has 0 radical (unpaired) electrons. The third-order valence-corrected chi connectivity index (χ3v) is 3.62. The van der Waals surface area contributed by atoms with Crippen LogP contribution in [0.15, 0.2) is 53.0 Å². The predicted molar refractivity (Wildman–Crippen MR) is 80.0 cm³/mol. The van der Waals surface area contributed by atoms with Crippen LogP contribution in [0.5, 0.6) is 0 Å². The van der Waals surface area contributed by atoms with Crippen LogP contribution in [0.3, 0.4) is 0 Å². The summed E-state index contributed by atoms with van der Waals surface area (Å²) >= 11 is 1.57. The minimum Gasteiger partial charge on any atom is -0.258 e. The van der Waals surface area contributed by atoms with Crippen molar-refractivity contribution in [3.8, 4) is 0 Å². The molecule has 2 heterocycles. The highest BCUT2D eigenvalue weighted by Crippen LogP contribution is 2.27. The number of nitrogens with zero attached hydrogens (tertiary/aromatic N) is 3. The van der Waals surface area contributed by atoms with E-state index < -0.39 is 4.92 Å². The number of benzene rings is 1. The van der Waals surface area contributed by atoms with Crippen LogP contribution in [0.25, 0.3) is 10.2 Å². The van der Waals surface area contributed by atoms with Gasteiger partial charge in [0.25, 0.3) is 5.69 Å². The highest BCUT2D eigenvalue weighted by atomic mass is 32.1. The van der Waals surface area contributed by atoms with Crippen molar-refractivity contribution in [2.45, 2.75) is 0 Å². The summed E-state index contributed by atoms with van der Waals surface area (Å²) in [6, 6.07) is 10.1. The first kappa shape index (κ1) is 12.4. The molecule has 0 saturated heterocycles. The Morgan fingerprint density at radius 3 is 2.75 bits per heavy atom. The smallest absolute Gasteiger partial charge is 0.258 e. The molecule has 0 aliphatic carbocycles. The maximum Gasteiger partial charge on any atom is 0.269 e. The number of thiophene rings is 1. The Labute approximate surface area is 118 Å². The van der Waals surface area contributed by atoms with Crippen LogP contribution >= 0.6 is 11.3 Å². The van der Waals surface area contributed by atoms with E-state index >= 15 is 0 Å². The summed E-state index contributed by atoms with van der Waals surface area (Å²) in [5.74, 6) is 0. The molecule has 0 bridgehead atoms. The normalized spacial score (nSPS) is 11.2. The average Bonchev–Trinajstić information content (AvgIpc) is 2.94. The zero-order valence-electron chi connectivity index (χ0n) is 10.3. The number of non-ortho nitro benzene ring substituents is 1. The molecule has 1 aromatic carbocycles. The van der Waals surface area contributed by atoms with Crippen LogP contribution in [-0.2, 0) is 0 Å². The Morgan fingerprint density at radius 1 is 1.20 bits per heavy atom. The molecule has 3 rings (SSSR count). The summed E-state index contributed by atoms with van der Waals surface area (Å²) in [6.45, 7) is 0. The van der Waals surface area contributed by atoms with Gasteiger partial charge in [-0.15, -0.1) is 11.3 Å². The fourth-order valence-corrected chi connectivity index (χ4v) is 2.55. The highest BCUT2D eigenvalue weighted by molar-refractivity contribution is 7.16. The number of aromatic nitrogens is 1. The first-order valence-electron chi connectivity index (χ1n) is 5.85. The molecule has 0 aliphatic heterocycles. The van der Waals surface area contributed by atoms with E-state index in [1.165, 1.54) is 12.1 Å². The molecule has 98 valence electrons. The summed E-state index contributed by atoms with van der Waals surface area (Å²) in [4.78, 5) is 19.8. The largest absolute Gasteiger partial charge is 0.269 e. The first-order chi connectivity index (χ1) is 9.74. The SMILES string of the molecule is O=[N+]([O-])c1ccc(C=Nc2ccnc3sccc23)cc1. The lowest BCUT2D eigenvalue weighted by molar-refractivity contribution is -0.384. The topological polar surface area (TPSA) is 68.4 Å². The molecule has 0 aliphatic rings. The second-order valence-corrected chi connectivity index (χ2v) is 4.97. The molecule has 0 atom stereocenters. The molecule has 6 heteroatoms. The zero-order valence-corrected chi connectivity index (χ0v) is 11.1. The van der Waals surface area contributed by atoms with E-state index in [9.17, 15) is 10.1 Å². The van der Waals surface area contributed by atoms with Gasteiger partial charge in [0, 0.05) is 29.9 Å². The molecule has 3 aromatic rings. The molecule has 0 saturated carbocycles. The molecule has 0 unspecified atom stereocenters. The molecule has 0 fully saturated rings. The number of aliphatic imine (C=N–C) groups is 1. The van der Waals surface area contributed by atoms with Crippen molar-refractivity contribution in [1.29, 1.82) is 0 Å². The Kier molecular flexibility index (Phi) is 3.22. The van der Waals surface area contributed by atoms with Crippen molar-refractivity contribution in [1.82, 2.24) is 4.98 Å². The number of nitro groups is 1.